The molecule has 0 radical (unpaired) electrons. The summed E-state index contributed by atoms with van der Waals surface area (Å²) in [6.45, 7) is 1.82. The zero-order valence-corrected chi connectivity index (χ0v) is 12.3. The van der Waals surface area contributed by atoms with Gasteiger partial charge in [0.25, 0.3) is 0 Å². The molecule has 4 aromatic rings. The highest BCUT2D eigenvalue weighted by atomic mass is 16.4. The third kappa shape index (κ3) is 2.01. The third-order valence-electron chi connectivity index (χ3n) is 3.91. The molecule has 0 saturated heterocycles. The van der Waals surface area contributed by atoms with Crippen LogP contribution in [0.5, 0.6) is 0 Å². The molecule has 2 aromatic heterocycles. The van der Waals surface area contributed by atoms with Crippen molar-refractivity contribution in [3.8, 4) is 0 Å². The number of hydrogen-bond donors (Lipinski definition) is 1. The highest BCUT2D eigenvalue weighted by Gasteiger charge is 2.15. The van der Waals surface area contributed by atoms with Crippen molar-refractivity contribution < 1.29 is 18.7 Å². The van der Waals surface area contributed by atoms with Gasteiger partial charge in [-0.2, -0.15) is 0 Å². The fourth-order valence-electron chi connectivity index (χ4n) is 2.94. The lowest BCUT2D eigenvalue weighted by Gasteiger charge is -2.06. The van der Waals surface area contributed by atoms with E-state index in [9.17, 15) is 9.59 Å². The van der Waals surface area contributed by atoms with Crippen molar-refractivity contribution in [2.45, 2.75) is 13.3 Å². The van der Waals surface area contributed by atoms with Gasteiger partial charge in [-0.15, -0.1) is 0 Å². The van der Waals surface area contributed by atoms with Crippen LogP contribution in [0.1, 0.15) is 11.3 Å². The Morgan fingerprint density at radius 3 is 2.61 bits per heavy atom. The van der Waals surface area contributed by atoms with Crippen LogP contribution in [-0.4, -0.2) is 11.1 Å². The van der Waals surface area contributed by atoms with Gasteiger partial charge in [0.05, 0.1) is 22.6 Å². The quantitative estimate of drug-likeness (QED) is 0.572. The van der Waals surface area contributed by atoms with E-state index in [1.807, 2.05) is 13.0 Å². The van der Waals surface area contributed by atoms with E-state index in [0.29, 0.717) is 44.2 Å². The first-order chi connectivity index (χ1) is 11.0. The van der Waals surface area contributed by atoms with Crippen molar-refractivity contribution >= 4 is 38.9 Å². The van der Waals surface area contributed by atoms with E-state index < -0.39 is 5.97 Å². The van der Waals surface area contributed by atoms with E-state index in [1.165, 1.54) is 0 Å². The van der Waals surface area contributed by atoms with Crippen LogP contribution in [0.2, 0.25) is 0 Å². The minimum atomic E-state index is -0.974. The minimum Gasteiger partial charge on any atom is -0.481 e. The highest BCUT2D eigenvalue weighted by molar-refractivity contribution is 6.05. The van der Waals surface area contributed by atoms with Gasteiger partial charge in [0.1, 0.15) is 22.5 Å². The van der Waals surface area contributed by atoms with Crippen LogP contribution in [0.3, 0.4) is 0 Å². The molecule has 0 atom stereocenters. The molecule has 0 spiro atoms. The molecule has 2 aromatic carbocycles. The van der Waals surface area contributed by atoms with Crippen molar-refractivity contribution in [2.24, 2.45) is 0 Å². The number of fused-ring (bicyclic) bond motifs is 4. The van der Waals surface area contributed by atoms with Crippen LogP contribution in [0.15, 0.2) is 50.0 Å². The maximum Gasteiger partial charge on any atom is 0.307 e. The summed E-state index contributed by atoms with van der Waals surface area (Å²) in [6.07, 6.45) is -0.202. The standard InChI is InChI=1S/C18H12O5/c1-9-7-13-14(22-9)6-5-12-16(21)11-4-2-3-10(8-15(19)20)17(11)23-18(12)13/h2-7H,8H2,1H3,(H,19,20). The largest absolute Gasteiger partial charge is 0.481 e. The fraction of sp³-hybridized carbons (Fsp3) is 0.111. The summed E-state index contributed by atoms with van der Waals surface area (Å²) in [6, 6.07) is 10.2. The van der Waals surface area contributed by atoms with E-state index in [4.69, 9.17) is 13.9 Å². The third-order valence-corrected chi connectivity index (χ3v) is 3.91. The van der Waals surface area contributed by atoms with E-state index >= 15 is 0 Å². The van der Waals surface area contributed by atoms with Gasteiger partial charge < -0.3 is 13.9 Å². The summed E-state index contributed by atoms with van der Waals surface area (Å²) in [5.74, 6) is -0.258. The molecule has 5 nitrogen and oxygen atoms in total. The van der Waals surface area contributed by atoms with Gasteiger partial charge in [-0.1, -0.05) is 12.1 Å². The zero-order valence-electron chi connectivity index (χ0n) is 12.3. The second-order valence-corrected chi connectivity index (χ2v) is 5.51. The van der Waals surface area contributed by atoms with Gasteiger partial charge in [-0.05, 0) is 31.2 Å². The Balaban J connectivity index is 2.20. The maximum absolute atomic E-state index is 12.7. The van der Waals surface area contributed by atoms with Crippen LogP contribution in [0, 0.1) is 6.92 Å². The zero-order chi connectivity index (χ0) is 16.1. The Hall–Kier alpha value is -3.08. The van der Waals surface area contributed by atoms with E-state index in [-0.39, 0.29) is 11.8 Å². The average molecular weight is 308 g/mol. The van der Waals surface area contributed by atoms with Crippen LogP contribution in [0.4, 0.5) is 0 Å². The lowest BCUT2D eigenvalue weighted by Crippen LogP contribution is -2.06. The van der Waals surface area contributed by atoms with Crippen LogP contribution < -0.4 is 5.43 Å². The molecule has 0 aliphatic rings. The predicted octanol–water partition coefficient (Wildman–Crippen LogP) is 3.63. The van der Waals surface area contributed by atoms with Crippen molar-refractivity contribution in [1.82, 2.24) is 0 Å². The van der Waals surface area contributed by atoms with Gasteiger partial charge in [-0.3, -0.25) is 9.59 Å². The monoisotopic (exact) mass is 308 g/mol. The minimum absolute atomic E-state index is 0.172. The smallest absolute Gasteiger partial charge is 0.307 e. The number of hydrogen-bond acceptors (Lipinski definition) is 4. The number of furan rings is 1. The lowest BCUT2D eigenvalue weighted by molar-refractivity contribution is -0.136. The highest BCUT2D eigenvalue weighted by Crippen LogP contribution is 2.30. The molecule has 0 saturated carbocycles. The Morgan fingerprint density at radius 2 is 1.83 bits per heavy atom. The van der Waals surface area contributed by atoms with E-state index in [2.05, 4.69) is 0 Å². The number of rotatable bonds is 2. The van der Waals surface area contributed by atoms with Gasteiger partial charge in [-0.25, -0.2) is 0 Å². The van der Waals surface area contributed by atoms with Crippen LogP contribution in [0.25, 0.3) is 32.9 Å². The van der Waals surface area contributed by atoms with Gasteiger partial charge in [0.15, 0.2) is 0 Å². The number of aliphatic carboxylic acids is 1. The summed E-state index contributed by atoms with van der Waals surface area (Å²) in [5.41, 5.74) is 1.68. The molecular weight excluding hydrogens is 296 g/mol. The lowest BCUT2D eigenvalue weighted by atomic mass is 10.1. The summed E-state index contributed by atoms with van der Waals surface area (Å²) >= 11 is 0. The second kappa shape index (κ2) is 4.71. The Kier molecular flexibility index (Phi) is 2.78. The fourth-order valence-corrected chi connectivity index (χ4v) is 2.94. The van der Waals surface area contributed by atoms with Crippen molar-refractivity contribution in [3.05, 3.63) is 57.9 Å². The molecule has 23 heavy (non-hydrogen) atoms. The molecular formula is C18H12O5. The molecule has 0 fully saturated rings. The molecule has 4 rings (SSSR count). The summed E-state index contributed by atoms with van der Waals surface area (Å²) < 4.78 is 11.5. The number of para-hydroxylation sites is 1. The molecule has 5 heteroatoms. The molecule has 0 bridgehead atoms. The number of carbonyl (C=O) groups is 1. The van der Waals surface area contributed by atoms with Crippen molar-refractivity contribution in [2.75, 3.05) is 0 Å². The summed E-state index contributed by atoms with van der Waals surface area (Å²) in [4.78, 5) is 23.8. The summed E-state index contributed by atoms with van der Waals surface area (Å²) in [7, 11) is 0. The first-order valence-corrected chi connectivity index (χ1v) is 7.14. The van der Waals surface area contributed by atoms with E-state index in [0.717, 1.165) is 0 Å². The molecule has 1 N–H and O–H groups in total. The molecule has 114 valence electrons. The number of carboxylic acid groups (broad SMARTS) is 1. The molecule has 0 unspecified atom stereocenters. The first kappa shape index (κ1) is 13.6. The Morgan fingerprint density at radius 1 is 1.04 bits per heavy atom. The number of benzene rings is 2. The van der Waals surface area contributed by atoms with E-state index in [1.54, 1.807) is 30.3 Å². The molecule has 0 aliphatic heterocycles. The molecule has 2 heterocycles. The average Bonchev–Trinajstić information content (AvgIpc) is 2.88. The summed E-state index contributed by atoms with van der Waals surface area (Å²) in [5, 5.41) is 10.6. The predicted molar refractivity (Wildman–Crippen MR) is 85.8 cm³/mol. The van der Waals surface area contributed by atoms with Gasteiger partial charge >= 0.3 is 5.97 Å². The van der Waals surface area contributed by atoms with Crippen LogP contribution in [-0.2, 0) is 11.2 Å². The number of aryl methyl sites for hydroxylation is 1. The Bertz CT molecular complexity index is 1150. The van der Waals surface area contributed by atoms with Crippen molar-refractivity contribution in [1.29, 1.82) is 0 Å². The normalized spacial score (nSPS) is 11.5. The van der Waals surface area contributed by atoms with Gasteiger partial charge in [0.2, 0.25) is 5.43 Å². The SMILES string of the molecule is Cc1cc2c(ccc3c(=O)c4cccc(CC(=O)O)c4oc32)o1. The number of carboxylic acids is 1. The second-order valence-electron chi connectivity index (χ2n) is 5.51. The molecule has 0 amide bonds. The first-order valence-electron chi connectivity index (χ1n) is 7.14. The van der Waals surface area contributed by atoms with Crippen LogP contribution >= 0.6 is 0 Å². The molecule has 0 aliphatic carbocycles. The van der Waals surface area contributed by atoms with Gasteiger partial charge in [0, 0.05) is 5.56 Å². The Labute approximate surface area is 129 Å². The topological polar surface area (TPSA) is 80.7 Å². The van der Waals surface area contributed by atoms with Crippen molar-refractivity contribution in [3.63, 3.8) is 0 Å². The maximum atomic E-state index is 12.7.